The van der Waals surface area contributed by atoms with Gasteiger partial charge in [0.25, 0.3) is 5.91 Å². The van der Waals surface area contributed by atoms with Crippen molar-refractivity contribution < 1.29 is 13.9 Å². The van der Waals surface area contributed by atoms with Gasteiger partial charge in [-0.1, -0.05) is 12.1 Å². The van der Waals surface area contributed by atoms with Crippen molar-refractivity contribution in [2.45, 2.75) is 19.9 Å². The van der Waals surface area contributed by atoms with Crippen molar-refractivity contribution in [1.29, 1.82) is 0 Å². The SMILES string of the molecule is COc1ccc([C@H](C)NC(=O)c2ccoc2C)cc1. The first-order valence-corrected chi connectivity index (χ1v) is 6.10. The van der Waals surface area contributed by atoms with Gasteiger partial charge in [0.2, 0.25) is 0 Å². The molecule has 4 heteroatoms. The van der Waals surface area contributed by atoms with E-state index in [9.17, 15) is 4.79 Å². The first-order valence-electron chi connectivity index (χ1n) is 6.10. The van der Waals surface area contributed by atoms with Crippen molar-refractivity contribution in [3.05, 3.63) is 53.5 Å². The molecule has 0 saturated heterocycles. The highest BCUT2D eigenvalue weighted by Crippen LogP contribution is 2.18. The first kappa shape index (κ1) is 13.2. The highest BCUT2D eigenvalue weighted by Gasteiger charge is 2.14. The Balaban J connectivity index is 2.06. The van der Waals surface area contributed by atoms with Crippen molar-refractivity contribution in [3.63, 3.8) is 0 Å². The molecule has 1 heterocycles. The normalized spacial score (nSPS) is 11.9. The van der Waals surface area contributed by atoms with Gasteiger partial charge in [0.15, 0.2) is 0 Å². The Hall–Kier alpha value is -2.23. The molecular formula is C15H17NO3. The average Bonchev–Trinajstić information content (AvgIpc) is 2.85. The molecule has 100 valence electrons. The predicted molar refractivity (Wildman–Crippen MR) is 72.3 cm³/mol. The van der Waals surface area contributed by atoms with E-state index in [0.717, 1.165) is 11.3 Å². The Morgan fingerprint density at radius 3 is 2.47 bits per heavy atom. The Kier molecular flexibility index (Phi) is 3.90. The second kappa shape index (κ2) is 5.61. The van der Waals surface area contributed by atoms with E-state index in [1.165, 1.54) is 6.26 Å². The zero-order chi connectivity index (χ0) is 13.8. The lowest BCUT2D eigenvalue weighted by atomic mass is 10.1. The molecule has 0 unspecified atom stereocenters. The molecule has 0 aliphatic rings. The van der Waals surface area contributed by atoms with Crippen LogP contribution in [0.3, 0.4) is 0 Å². The van der Waals surface area contributed by atoms with E-state index >= 15 is 0 Å². The average molecular weight is 259 g/mol. The molecule has 0 radical (unpaired) electrons. The molecule has 19 heavy (non-hydrogen) atoms. The number of methoxy groups -OCH3 is 1. The van der Waals surface area contributed by atoms with Crippen LogP contribution in [0.4, 0.5) is 0 Å². The number of rotatable bonds is 4. The van der Waals surface area contributed by atoms with E-state index in [-0.39, 0.29) is 11.9 Å². The molecule has 1 atom stereocenters. The van der Waals surface area contributed by atoms with Gasteiger partial charge in [-0.25, -0.2) is 0 Å². The van der Waals surface area contributed by atoms with Crippen LogP contribution in [0.15, 0.2) is 41.0 Å². The van der Waals surface area contributed by atoms with Gasteiger partial charge < -0.3 is 14.5 Å². The van der Waals surface area contributed by atoms with Crippen LogP contribution in [0.25, 0.3) is 0 Å². The third kappa shape index (κ3) is 2.96. The standard InChI is InChI=1S/C15H17NO3/c1-10(12-4-6-13(18-3)7-5-12)16-15(17)14-8-9-19-11(14)2/h4-10H,1-3H3,(H,16,17)/t10-/m0/s1. The lowest BCUT2D eigenvalue weighted by Gasteiger charge is -2.14. The third-order valence-electron chi connectivity index (χ3n) is 3.07. The summed E-state index contributed by atoms with van der Waals surface area (Å²) in [5, 5.41) is 2.94. The van der Waals surface area contributed by atoms with Gasteiger partial charge in [-0.15, -0.1) is 0 Å². The maximum absolute atomic E-state index is 12.0. The van der Waals surface area contributed by atoms with Gasteiger partial charge in [0.05, 0.1) is 25.0 Å². The fourth-order valence-electron chi connectivity index (χ4n) is 1.87. The summed E-state index contributed by atoms with van der Waals surface area (Å²) in [6, 6.07) is 9.22. The number of nitrogens with one attached hydrogen (secondary N) is 1. The van der Waals surface area contributed by atoms with Crippen LogP contribution >= 0.6 is 0 Å². The molecule has 0 fully saturated rings. The Bertz CT molecular complexity index is 557. The smallest absolute Gasteiger partial charge is 0.255 e. The Morgan fingerprint density at radius 1 is 1.26 bits per heavy atom. The molecule has 0 bridgehead atoms. The van der Waals surface area contributed by atoms with E-state index in [4.69, 9.17) is 9.15 Å². The molecular weight excluding hydrogens is 242 g/mol. The number of aryl methyl sites for hydroxylation is 1. The van der Waals surface area contributed by atoms with Gasteiger partial charge in [0.1, 0.15) is 11.5 Å². The summed E-state index contributed by atoms with van der Waals surface area (Å²) in [4.78, 5) is 12.0. The minimum atomic E-state index is -0.130. The zero-order valence-electron chi connectivity index (χ0n) is 11.3. The van der Waals surface area contributed by atoms with Crippen molar-refractivity contribution in [2.24, 2.45) is 0 Å². The quantitative estimate of drug-likeness (QED) is 0.918. The second-order valence-electron chi connectivity index (χ2n) is 4.36. The topological polar surface area (TPSA) is 51.5 Å². The second-order valence-corrected chi connectivity index (χ2v) is 4.36. The number of amides is 1. The molecule has 0 saturated carbocycles. The van der Waals surface area contributed by atoms with Crippen LogP contribution in [0, 0.1) is 6.92 Å². The Labute approximate surface area is 112 Å². The number of ether oxygens (including phenoxy) is 1. The van der Waals surface area contributed by atoms with Gasteiger partial charge in [-0.3, -0.25) is 4.79 Å². The molecule has 0 aliphatic heterocycles. The summed E-state index contributed by atoms with van der Waals surface area (Å²) >= 11 is 0. The predicted octanol–water partition coefficient (Wildman–Crippen LogP) is 3.09. The van der Waals surface area contributed by atoms with Crippen LogP contribution in [-0.2, 0) is 0 Å². The highest BCUT2D eigenvalue weighted by atomic mass is 16.5. The fraction of sp³-hybridized carbons (Fsp3) is 0.267. The molecule has 2 aromatic rings. The summed E-state index contributed by atoms with van der Waals surface area (Å²) in [6.07, 6.45) is 1.52. The highest BCUT2D eigenvalue weighted by molar-refractivity contribution is 5.95. The van der Waals surface area contributed by atoms with Crippen LogP contribution in [0.5, 0.6) is 5.75 Å². The molecule has 1 aromatic heterocycles. The summed E-state index contributed by atoms with van der Waals surface area (Å²) in [5.41, 5.74) is 1.59. The Morgan fingerprint density at radius 2 is 1.95 bits per heavy atom. The lowest BCUT2D eigenvalue weighted by Crippen LogP contribution is -2.26. The monoisotopic (exact) mass is 259 g/mol. The van der Waals surface area contributed by atoms with E-state index in [2.05, 4.69) is 5.32 Å². The maximum Gasteiger partial charge on any atom is 0.255 e. The molecule has 1 N–H and O–H groups in total. The van der Waals surface area contributed by atoms with Crippen molar-refractivity contribution in [1.82, 2.24) is 5.32 Å². The minimum Gasteiger partial charge on any atom is -0.497 e. The molecule has 4 nitrogen and oxygen atoms in total. The van der Waals surface area contributed by atoms with Crippen LogP contribution < -0.4 is 10.1 Å². The number of carbonyl (C=O) groups is 1. The third-order valence-corrected chi connectivity index (χ3v) is 3.07. The number of hydrogen-bond acceptors (Lipinski definition) is 3. The van der Waals surface area contributed by atoms with Crippen molar-refractivity contribution in [2.75, 3.05) is 7.11 Å². The molecule has 1 amide bonds. The number of furan rings is 1. The zero-order valence-corrected chi connectivity index (χ0v) is 11.3. The minimum absolute atomic E-state index is 0.0762. The summed E-state index contributed by atoms with van der Waals surface area (Å²) < 4.78 is 10.2. The van der Waals surface area contributed by atoms with Crippen LogP contribution in [0.2, 0.25) is 0 Å². The van der Waals surface area contributed by atoms with Gasteiger partial charge in [-0.2, -0.15) is 0 Å². The van der Waals surface area contributed by atoms with E-state index < -0.39 is 0 Å². The first-order chi connectivity index (χ1) is 9.11. The molecule has 2 rings (SSSR count). The maximum atomic E-state index is 12.0. The van der Waals surface area contributed by atoms with Crippen molar-refractivity contribution >= 4 is 5.91 Å². The number of benzene rings is 1. The van der Waals surface area contributed by atoms with E-state index in [0.29, 0.717) is 11.3 Å². The van der Waals surface area contributed by atoms with Gasteiger partial charge in [0, 0.05) is 0 Å². The lowest BCUT2D eigenvalue weighted by molar-refractivity contribution is 0.0938. The van der Waals surface area contributed by atoms with Crippen molar-refractivity contribution in [3.8, 4) is 5.75 Å². The summed E-state index contributed by atoms with van der Waals surface area (Å²) in [5.74, 6) is 1.29. The van der Waals surface area contributed by atoms with Gasteiger partial charge in [-0.05, 0) is 37.6 Å². The summed E-state index contributed by atoms with van der Waals surface area (Å²) in [6.45, 7) is 3.71. The molecule has 1 aromatic carbocycles. The fourth-order valence-corrected chi connectivity index (χ4v) is 1.87. The van der Waals surface area contributed by atoms with Crippen LogP contribution in [-0.4, -0.2) is 13.0 Å². The van der Waals surface area contributed by atoms with E-state index in [1.807, 2.05) is 31.2 Å². The number of carbonyl (C=O) groups excluding carboxylic acids is 1. The largest absolute Gasteiger partial charge is 0.497 e. The number of hydrogen-bond donors (Lipinski definition) is 1. The van der Waals surface area contributed by atoms with Gasteiger partial charge >= 0.3 is 0 Å². The van der Waals surface area contributed by atoms with Crippen LogP contribution in [0.1, 0.15) is 34.6 Å². The molecule has 0 aliphatic carbocycles. The van der Waals surface area contributed by atoms with E-state index in [1.54, 1.807) is 20.1 Å². The summed E-state index contributed by atoms with van der Waals surface area (Å²) in [7, 11) is 1.63. The molecule has 0 spiro atoms.